The van der Waals surface area contributed by atoms with E-state index in [1.165, 1.54) is 24.3 Å². The molecular formula is C22H17ClF3N5O2. The minimum atomic E-state index is -4.86. The van der Waals surface area contributed by atoms with Crippen LogP contribution in [0.4, 0.5) is 13.2 Å². The molecule has 0 radical (unpaired) electrons. The number of aromatic amines is 1. The fourth-order valence-corrected chi connectivity index (χ4v) is 3.65. The van der Waals surface area contributed by atoms with Crippen molar-refractivity contribution in [1.82, 2.24) is 24.6 Å². The van der Waals surface area contributed by atoms with E-state index in [4.69, 9.17) is 11.6 Å². The van der Waals surface area contributed by atoms with Gasteiger partial charge in [0.2, 0.25) is 0 Å². The number of carbonyl (C=O) groups is 1. The van der Waals surface area contributed by atoms with Gasteiger partial charge >= 0.3 is 6.18 Å². The first kappa shape index (κ1) is 22.5. The van der Waals surface area contributed by atoms with Gasteiger partial charge in [0.1, 0.15) is 5.82 Å². The standard InChI is InChI=1S/C22H17ClF3N5O2/c1-2-30(12-18-28-17-9-4-3-8-15(17)20(32)29-18)21(33)16-11-27-31(19(16)22(24,25)26)14-7-5-6-13(23)10-14/h3-11H,2,12H2,1H3,(H,28,29,32). The van der Waals surface area contributed by atoms with Crippen molar-refractivity contribution in [3.8, 4) is 5.69 Å². The Labute approximate surface area is 190 Å². The SMILES string of the molecule is CCN(Cc1nc2ccccc2c(=O)[nH]1)C(=O)c1cnn(-c2cccc(Cl)c2)c1C(F)(F)F. The summed E-state index contributed by atoms with van der Waals surface area (Å²) in [5, 5.41) is 4.41. The molecule has 0 fully saturated rings. The van der Waals surface area contributed by atoms with Gasteiger partial charge in [0.05, 0.1) is 34.9 Å². The van der Waals surface area contributed by atoms with Crippen LogP contribution in [0.25, 0.3) is 16.6 Å². The van der Waals surface area contributed by atoms with Crippen LogP contribution in [-0.4, -0.2) is 37.1 Å². The van der Waals surface area contributed by atoms with Crippen LogP contribution in [0.5, 0.6) is 0 Å². The third-order valence-corrected chi connectivity index (χ3v) is 5.23. The number of carbonyl (C=O) groups excluding carboxylic acids is 1. The van der Waals surface area contributed by atoms with Gasteiger partial charge in [0, 0.05) is 11.6 Å². The lowest BCUT2D eigenvalue weighted by Gasteiger charge is -2.21. The number of hydrogen-bond donors (Lipinski definition) is 1. The van der Waals surface area contributed by atoms with Crippen LogP contribution < -0.4 is 5.56 Å². The molecule has 2 aromatic carbocycles. The molecule has 1 amide bonds. The number of H-pyrrole nitrogens is 1. The molecule has 0 saturated carbocycles. The molecule has 7 nitrogen and oxygen atoms in total. The Balaban J connectivity index is 1.73. The molecule has 2 heterocycles. The number of nitrogens with zero attached hydrogens (tertiary/aromatic N) is 4. The molecule has 11 heteroatoms. The third-order valence-electron chi connectivity index (χ3n) is 4.99. The van der Waals surface area contributed by atoms with Gasteiger partial charge in [0.15, 0.2) is 5.69 Å². The maximum Gasteiger partial charge on any atom is 0.434 e. The molecule has 33 heavy (non-hydrogen) atoms. The lowest BCUT2D eigenvalue weighted by molar-refractivity contribution is -0.143. The summed E-state index contributed by atoms with van der Waals surface area (Å²) in [6.07, 6.45) is -3.98. The first-order valence-corrected chi connectivity index (χ1v) is 10.2. The van der Waals surface area contributed by atoms with Crippen molar-refractivity contribution >= 4 is 28.4 Å². The second-order valence-corrected chi connectivity index (χ2v) is 7.58. The minimum Gasteiger partial charge on any atom is -0.331 e. The topological polar surface area (TPSA) is 83.9 Å². The van der Waals surface area contributed by atoms with E-state index in [2.05, 4.69) is 15.1 Å². The van der Waals surface area contributed by atoms with Gasteiger partial charge in [-0.2, -0.15) is 18.3 Å². The number of fused-ring (bicyclic) bond motifs is 1. The van der Waals surface area contributed by atoms with Crippen molar-refractivity contribution in [2.24, 2.45) is 0 Å². The molecule has 0 unspecified atom stereocenters. The highest BCUT2D eigenvalue weighted by atomic mass is 35.5. The maximum atomic E-state index is 14.0. The Hall–Kier alpha value is -3.66. The summed E-state index contributed by atoms with van der Waals surface area (Å²) in [6, 6.07) is 12.4. The van der Waals surface area contributed by atoms with Crippen molar-refractivity contribution in [3.05, 3.63) is 87.2 Å². The Morgan fingerprint density at radius 3 is 2.64 bits per heavy atom. The van der Waals surface area contributed by atoms with Crippen molar-refractivity contribution in [1.29, 1.82) is 0 Å². The van der Waals surface area contributed by atoms with Crippen LogP contribution in [0, 0.1) is 0 Å². The molecule has 0 bridgehead atoms. The predicted molar refractivity (Wildman–Crippen MR) is 116 cm³/mol. The number of nitrogens with one attached hydrogen (secondary N) is 1. The average molecular weight is 476 g/mol. The van der Waals surface area contributed by atoms with E-state index in [0.29, 0.717) is 15.6 Å². The zero-order chi connectivity index (χ0) is 23.8. The van der Waals surface area contributed by atoms with Gasteiger partial charge in [-0.05, 0) is 37.3 Å². The number of rotatable bonds is 5. The summed E-state index contributed by atoms with van der Waals surface area (Å²) in [4.78, 5) is 33.5. The van der Waals surface area contributed by atoms with Crippen molar-refractivity contribution in [3.63, 3.8) is 0 Å². The second kappa shape index (κ2) is 8.70. The minimum absolute atomic E-state index is 0.0671. The lowest BCUT2D eigenvalue weighted by Crippen LogP contribution is -2.33. The van der Waals surface area contributed by atoms with E-state index in [1.54, 1.807) is 31.2 Å². The van der Waals surface area contributed by atoms with Crippen LogP contribution >= 0.6 is 11.6 Å². The second-order valence-electron chi connectivity index (χ2n) is 7.15. The molecular weight excluding hydrogens is 459 g/mol. The fourth-order valence-electron chi connectivity index (χ4n) is 3.47. The Morgan fingerprint density at radius 2 is 1.94 bits per heavy atom. The number of alkyl halides is 3. The Kier molecular flexibility index (Phi) is 5.94. The van der Waals surface area contributed by atoms with E-state index in [-0.39, 0.29) is 29.6 Å². The number of benzene rings is 2. The molecule has 0 atom stereocenters. The molecule has 0 aliphatic rings. The Morgan fingerprint density at radius 1 is 1.18 bits per heavy atom. The van der Waals surface area contributed by atoms with Crippen molar-refractivity contribution in [2.45, 2.75) is 19.6 Å². The number of amides is 1. The lowest BCUT2D eigenvalue weighted by atomic mass is 10.2. The van der Waals surface area contributed by atoms with E-state index in [0.717, 1.165) is 11.1 Å². The summed E-state index contributed by atoms with van der Waals surface area (Å²) in [7, 11) is 0. The number of halogens is 4. The zero-order valence-electron chi connectivity index (χ0n) is 17.2. The number of hydrogen-bond acceptors (Lipinski definition) is 4. The quantitative estimate of drug-likeness (QED) is 0.462. The smallest absolute Gasteiger partial charge is 0.331 e. The highest BCUT2D eigenvalue weighted by Crippen LogP contribution is 2.34. The molecule has 4 aromatic rings. The first-order chi connectivity index (χ1) is 15.7. The van der Waals surface area contributed by atoms with Gasteiger partial charge in [0.25, 0.3) is 11.5 Å². The van der Waals surface area contributed by atoms with Crippen LogP contribution in [-0.2, 0) is 12.7 Å². The van der Waals surface area contributed by atoms with Crippen LogP contribution in [0.2, 0.25) is 5.02 Å². The van der Waals surface area contributed by atoms with Crippen molar-refractivity contribution in [2.75, 3.05) is 6.54 Å². The van der Waals surface area contributed by atoms with Gasteiger partial charge in [-0.15, -0.1) is 0 Å². The fraction of sp³-hybridized carbons (Fsp3) is 0.182. The van der Waals surface area contributed by atoms with E-state index < -0.39 is 28.9 Å². The molecule has 4 rings (SSSR count). The summed E-state index contributed by atoms with van der Waals surface area (Å²) in [5.74, 6) is -0.737. The van der Waals surface area contributed by atoms with Gasteiger partial charge in [-0.1, -0.05) is 29.8 Å². The first-order valence-electron chi connectivity index (χ1n) is 9.87. The van der Waals surface area contributed by atoms with E-state index >= 15 is 0 Å². The van der Waals surface area contributed by atoms with E-state index in [9.17, 15) is 22.8 Å². The van der Waals surface area contributed by atoms with Crippen LogP contribution in [0.15, 0.2) is 59.5 Å². The maximum absolute atomic E-state index is 14.0. The number of aromatic nitrogens is 4. The van der Waals surface area contributed by atoms with Gasteiger partial charge < -0.3 is 9.88 Å². The monoisotopic (exact) mass is 475 g/mol. The molecule has 0 saturated heterocycles. The summed E-state index contributed by atoms with van der Waals surface area (Å²) in [5.41, 5.74) is -1.74. The van der Waals surface area contributed by atoms with Crippen LogP contribution in [0.3, 0.4) is 0 Å². The highest BCUT2D eigenvalue weighted by Gasteiger charge is 2.41. The normalized spacial score (nSPS) is 11.7. The summed E-state index contributed by atoms with van der Waals surface area (Å²) < 4.78 is 42.6. The predicted octanol–water partition coefficient (Wildman–Crippen LogP) is 4.44. The average Bonchev–Trinajstić information content (AvgIpc) is 3.23. The third kappa shape index (κ3) is 4.47. The van der Waals surface area contributed by atoms with Crippen molar-refractivity contribution < 1.29 is 18.0 Å². The van der Waals surface area contributed by atoms with Gasteiger partial charge in [-0.3, -0.25) is 9.59 Å². The zero-order valence-corrected chi connectivity index (χ0v) is 18.0. The highest BCUT2D eigenvalue weighted by molar-refractivity contribution is 6.30. The molecule has 170 valence electrons. The number of para-hydroxylation sites is 1. The molecule has 2 aromatic heterocycles. The van der Waals surface area contributed by atoms with Gasteiger partial charge in [-0.25, -0.2) is 9.67 Å². The molecule has 1 N–H and O–H groups in total. The van der Waals surface area contributed by atoms with Crippen LogP contribution in [0.1, 0.15) is 28.8 Å². The summed E-state index contributed by atoms with van der Waals surface area (Å²) >= 11 is 5.91. The molecule has 0 spiro atoms. The van der Waals surface area contributed by atoms with E-state index in [1.807, 2.05) is 0 Å². The molecule has 0 aliphatic heterocycles. The summed E-state index contributed by atoms with van der Waals surface area (Å²) in [6.45, 7) is 1.51. The Bertz CT molecular complexity index is 1400. The largest absolute Gasteiger partial charge is 0.434 e. The molecule has 0 aliphatic carbocycles.